The maximum Gasteiger partial charge on any atom is 0.222 e. The van der Waals surface area contributed by atoms with E-state index in [-0.39, 0.29) is 23.3 Å². The van der Waals surface area contributed by atoms with Crippen molar-refractivity contribution in [2.45, 2.75) is 59.0 Å². The van der Waals surface area contributed by atoms with Gasteiger partial charge < -0.3 is 15.0 Å². The Morgan fingerprint density at radius 2 is 1.96 bits per heavy atom. The van der Waals surface area contributed by atoms with Crippen molar-refractivity contribution in [2.75, 3.05) is 26.2 Å². The molecule has 1 atom stereocenters. The number of carbonyl (C=O) groups excluding carboxylic acids is 2. The Labute approximate surface area is 140 Å². The number of likely N-dealkylation sites (tertiary alicyclic amines) is 1. The molecule has 0 aromatic carbocycles. The molecule has 0 saturated carbocycles. The second-order valence-electron chi connectivity index (χ2n) is 7.98. The molecule has 5 nitrogen and oxygen atoms in total. The first-order valence-corrected chi connectivity index (χ1v) is 9.01. The van der Waals surface area contributed by atoms with Gasteiger partial charge in [-0.3, -0.25) is 9.59 Å². The molecule has 2 saturated heterocycles. The fourth-order valence-corrected chi connectivity index (χ4v) is 3.17. The second kappa shape index (κ2) is 7.65. The van der Waals surface area contributed by atoms with Gasteiger partial charge in [-0.2, -0.15) is 0 Å². The lowest BCUT2D eigenvalue weighted by Gasteiger charge is -2.52. The van der Waals surface area contributed by atoms with Crippen LogP contribution in [0.3, 0.4) is 0 Å². The van der Waals surface area contributed by atoms with Crippen LogP contribution in [0.25, 0.3) is 0 Å². The Kier molecular flexibility index (Phi) is 6.06. The van der Waals surface area contributed by atoms with Crippen molar-refractivity contribution in [1.82, 2.24) is 10.2 Å². The zero-order valence-electron chi connectivity index (χ0n) is 15.1. The minimum Gasteiger partial charge on any atom is -0.371 e. The third-order valence-electron chi connectivity index (χ3n) is 4.97. The summed E-state index contributed by atoms with van der Waals surface area (Å²) in [4.78, 5) is 25.6. The molecule has 132 valence electrons. The average molecular weight is 324 g/mol. The van der Waals surface area contributed by atoms with Crippen LogP contribution in [0.4, 0.5) is 0 Å². The third-order valence-corrected chi connectivity index (χ3v) is 4.97. The van der Waals surface area contributed by atoms with Gasteiger partial charge in [0.25, 0.3) is 0 Å². The van der Waals surface area contributed by atoms with Crippen LogP contribution < -0.4 is 5.32 Å². The SMILES string of the molecule is CC(C)CCC(=O)N1CC2(CCC(CNC(=O)C(C)C)CO2)C1. The first-order valence-electron chi connectivity index (χ1n) is 9.01. The summed E-state index contributed by atoms with van der Waals surface area (Å²) in [5, 5.41) is 2.99. The molecule has 23 heavy (non-hydrogen) atoms. The summed E-state index contributed by atoms with van der Waals surface area (Å²) in [5.74, 6) is 1.37. The largest absolute Gasteiger partial charge is 0.371 e. The molecule has 0 aliphatic carbocycles. The van der Waals surface area contributed by atoms with Crippen LogP contribution in [0, 0.1) is 17.8 Å². The van der Waals surface area contributed by atoms with Crippen LogP contribution in [-0.4, -0.2) is 48.6 Å². The van der Waals surface area contributed by atoms with E-state index in [4.69, 9.17) is 4.74 Å². The van der Waals surface area contributed by atoms with Crippen LogP contribution in [0.15, 0.2) is 0 Å². The fraction of sp³-hybridized carbons (Fsp3) is 0.889. The lowest BCUT2D eigenvalue weighted by Crippen LogP contribution is -2.66. The molecular formula is C18H32N2O3. The first-order chi connectivity index (χ1) is 10.8. The molecule has 0 bridgehead atoms. The number of hydrogen-bond acceptors (Lipinski definition) is 3. The van der Waals surface area contributed by atoms with Gasteiger partial charge in [0, 0.05) is 18.9 Å². The van der Waals surface area contributed by atoms with E-state index in [1.807, 2.05) is 18.7 Å². The maximum absolute atomic E-state index is 12.1. The number of hydrogen-bond donors (Lipinski definition) is 1. The van der Waals surface area contributed by atoms with Crippen molar-refractivity contribution in [2.24, 2.45) is 17.8 Å². The molecule has 2 heterocycles. The van der Waals surface area contributed by atoms with Gasteiger partial charge in [0.1, 0.15) is 5.60 Å². The summed E-state index contributed by atoms with van der Waals surface area (Å²) in [6, 6.07) is 0. The minimum atomic E-state index is -0.105. The number of nitrogens with one attached hydrogen (secondary N) is 1. The summed E-state index contributed by atoms with van der Waals surface area (Å²) in [6.07, 6.45) is 3.66. The van der Waals surface area contributed by atoms with Crippen molar-refractivity contribution in [3.05, 3.63) is 0 Å². The molecule has 1 spiro atoms. The van der Waals surface area contributed by atoms with Crippen molar-refractivity contribution in [3.8, 4) is 0 Å². The van der Waals surface area contributed by atoms with Gasteiger partial charge in [-0.15, -0.1) is 0 Å². The summed E-state index contributed by atoms with van der Waals surface area (Å²) >= 11 is 0. The van der Waals surface area contributed by atoms with Gasteiger partial charge >= 0.3 is 0 Å². The predicted molar refractivity (Wildman–Crippen MR) is 89.9 cm³/mol. The molecule has 1 N–H and O–H groups in total. The smallest absolute Gasteiger partial charge is 0.222 e. The molecule has 2 aliphatic rings. The Morgan fingerprint density at radius 3 is 2.48 bits per heavy atom. The van der Waals surface area contributed by atoms with Crippen molar-refractivity contribution >= 4 is 11.8 Å². The van der Waals surface area contributed by atoms with Gasteiger partial charge in [-0.25, -0.2) is 0 Å². The quantitative estimate of drug-likeness (QED) is 0.815. The topological polar surface area (TPSA) is 58.6 Å². The van der Waals surface area contributed by atoms with E-state index in [0.717, 1.165) is 32.4 Å². The van der Waals surface area contributed by atoms with Gasteiger partial charge in [-0.1, -0.05) is 27.7 Å². The fourth-order valence-electron chi connectivity index (χ4n) is 3.17. The van der Waals surface area contributed by atoms with Crippen LogP contribution in [-0.2, 0) is 14.3 Å². The number of ether oxygens (including phenoxy) is 1. The monoisotopic (exact) mass is 324 g/mol. The normalized spacial score (nSPS) is 23.2. The average Bonchev–Trinajstić information content (AvgIpc) is 2.48. The van der Waals surface area contributed by atoms with Gasteiger partial charge in [-0.05, 0) is 31.1 Å². The molecule has 0 aromatic rings. The molecule has 5 heteroatoms. The number of rotatable bonds is 6. The Balaban J connectivity index is 1.66. The molecule has 0 radical (unpaired) electrons. The minimum absolute atomic E-state index is 0.0305. The van der Waals surface area contributed by atoms with E-state index in [1.165, 1.54) is 0 Å². The summed E-state index contributed by atoms with van der Waals surface area (Å²) in [6.45, 7) is 11.0. The van der Waals surface area contributed by atoms with E-state index < -0.39 is 0 Å². The standard InChI is InChI=1S/C18H32N2O3/c1-13(2)5-6-16(21)20-11-18(12-20)8-7-15(10-23-18)9-19-17(22)14(3)4/h13-15H,5-12H2,1-4H3,(H,19,22). The van der Waals surface area contributed by atoms with Crippen LogP contribution >= 0.6 is 0 Å². The van der Waals surface area contributed by atoms with E-state index in [0.29, 0.717) is 31.4 Å². The second-order valence-corrected chi connectivity index (χ2v) is 7.98. The Morgan fingerprint density at radius 1 is 1.26 bits per heavy atom. The first kappa shape index (κ1) is 18.2. The van der Waals surface area contributed by atoms with Gasteiger partial charge in [0.2, 0.25) is 11.8 Å². The molecule has 0 aromatic heterocycles. The van der Waals surface area contributed by atoms with E-state index in [2.05, 4.69) is 19.2 Å². The van der Waals surface area contributed by atoms with Crippen molar-refractivity contribution in [3.63, 3.8) is 0 Å². The van der Waals surface area contributed by atoms with Gasteiger partial charge in [0.15, 0.2) is 0 Å². The van der Waals surface area contributed by atoms with E-state index in [1.54, 1.807) is 0 Å². The highest BCUT2D eigenvalue weighted by molar-refractivity contribution is 5.78. The summed E-state index contributed by atoms with van der Waals surface area (Å²) < 4.78 is 6.07. The zero-order valence-corrected chi connectivity index (χ0v) is 15.1. The summed E-state index contributed by atoms with van der Waals surface area (Å²) in [5.41, 5.74) is -0.105. The van der Waals surface area contributed by atoms with Crippen LogP contribution in [0.2, 0.25) is 0 Å². The predicted octanol–water partition coefficient (Wildman–Crippen LogP) is 2.20. The van der Waals surface area contributed by atoms with Crippen LogP contribution in [0.1, 0.15) is 53.4 Å². The molecule has 2 rings (SSSR count). The van der Waals surface area contributed by atoms with E-state index in [9.17, 15) is 9.59 Å². The van der Waals surface area contributed by atoms with Crippen LogP contribution in [0.5, 0.6) is 0 Å². The third kappa shape index (κ3) is 4.93. The lowest BCUT2D eigenvalue weighted by molar-refractivity contribution is -0.188. The molecule has 1 unspecified atom stereocenters. The Bertz CT molecular complexity index is 418. The van der Waals surface area contributed by atoms with Gasteiger partial charge in [0.05, 0.1) is 19.7 Å². The molecule has 2 aliphatic heterocycles. The zero-order chi connectivity index (χ0) is 17.0. The highest BCUT2D eigenvalue weighted by atomic mass is 16.5. The van der Waals surface area contributed by atoms with E-state index >= 15 is 0 Å². The number of carbonyl (C=O) groups is 2. The maximum atomic E-state index is 12.1. The van der Waals surface area contributed by atoms with Crippen molar-refractivity contribution in [1.29, 1.82) is 0 Å². The molecule has 2 amide bonds. The van der Waals surface area contributed by atoms with Crippen molar-refractivity contribution < 1.29 is 14.3 Å². The summed E-state index contributed by atoms with van der Waals surface area (Å²) in [7, 11) is 0. The highest BCUT2D eigenvalue weighted by Gasteiger charge is 2.48. The lowest BCUT2D eigenvalue weighted by atomic mass is 9.82. The molecule has 2 fully saturated rings. The molecular weight excluding hydrogens is 292 g/mol. The highest BCUT2D eigenvalue weighted by Crippen LogP contribution is 2.36. The Hall–Kier alpha value is -1.10. The number of nitrogens with zero attached hydrogens (tertiary/aromatic N) is 1. The number of amides is 2.